The summed E-state index contributed by atoms with van der Waals surface area (Å²) >= 11 is 0. The van der Waals surface area contributed by atoms with Crippen LogP contribution >= 0.6 is 0 Å². The molecule has 2 N–H and O–H groups in total. The number of nitrogens with zero attached hydrogens (tertiary/aromatic N) is 1. The van der Waals surface area contributed by atoms with Crippen LogP contribution in [0.2, 0.25) is 0 Å². The molecule has 2 amide bonds. The maximum atomic E-state index is 12.2. The molecule has 9 nitrogen and oxygen atoms in total. The van der Waals surface area contributed by atoms with Crippen LogP contribution in [-0.2, 0) is 19.6 Å². The van der Waals surface area contributed by atoms with Gasteiger partial charge in [-0.2, -0.15) is 0 Å². The number of halogens is 3. The second-order valence-electron chi connectivity index (χ2n) is 6.69. The molecule has 1 saturated heterocycles. The van der Waals surface area contributed by atoms with E-state index in [1.54, 1.807) is 11.8 Å². The molecule has 1 fully saturated rings. The summed E-state index contributed by atoms with van der Waals surface area (Å²) in [5.41, 5.74) is 0. The molecule has 0 aromatic heterocycles. The maximum absolute atomic E-state index is 12.2. The normalized spacial score (nSPS) is 15.4. The molecular weight excluding hydrogens is 443 g/mol. The molecule has 0 spiro atoms. The highest BCUT2D eigenvalue weighted by molar-refractivity contribution is 7.89. The molecule has 0 saturated carbocycles. The summed E-state index contributed by atoms with van der Waals surface area (Å²) in [6.07, 6.45) is -4.26. The lowest BCUT2D eigenvalue weighted by molar-refractivity contribution is -0.274. The summed E-state index contributed by atoms with van der Waals surface area (Å²) in [5, 5.41) is 2.79. The number of piperidine rings is 1. The van der Waals surface area contributed by atoms with Crippen LogP contribution in [0.25, 0.3) is 0 Å². The van der Waals surface area contributed by atoms with Crippen molar-refractivity contribution in [3.8, 4) is 5.75 Å². The minimum atomic E-state index is -4.87. The number of carbonyl (C=O) groups excluding carboxylic acids is 2. The van der Waals surface area contributed by atoms with E-state index in [-0.39, 0.29) is 42.5 Å². The van der Waals surface area contributed by atoms with E-state index >= 15 is 0 Å². The minimum absolute atomic E-state index is 0.118. The number of alkyl halides is 3. The monoisotopic (exact) mass is 467 g/mol. The van der Waals surface area contributed by atoms with E-state index in [2.05, 4.69) is 14.8 Å². The highest BCUT2D eigenvalue weighted by Crippen LogP contribution is 2.23. The fraction of sp³-hybridized carbons (Fsp3) is 0.556. The van der Waals surface area contributed by atoms with Gasteiger partial charge in [0.1, 0.15) is 5.75 Å². The number of nitrogens with one attached hydrogen (secondary N) is 2. The van der Waals surface area contributed by atoms with Crippen LogP contribution in [-0.4, -0.2) is 64.0 Å². The highest BCUT2D eigenvalue weighted by Gasteiger charge is 2.31. The van der Waals surface area contributed by atoms with Crippen molar-refractivity contribution in [2.75, 3.05) is 26.2 Å². The Morgan fingerprint density at radius 2 is 1.77 bits per heavy atom. The first kappa shape index (κ1) is 24.7. The number of likely N-dealkylation sites (tertiary alicyclic amines) is 1. The van der Waals surface area contributed by atoms with Gasteiger partial charge in [0.25, 0.3) is 0 Å². The lowest BCUT2D eigenvalue weighted by atomic mass is 10.1. The molecule has 31 heavy (non-hydrogen) atoms. The van der Waals surface area contributed by atoms with Crippen molar-refractivity contribution in [3.05, 3.63) is 24.3 Å². The average molecular weight is 467 g/mol. The fourth-order valence-corrected chi connectivity index (χ4v) is 3.96. The Balaban J connectivity index is 1.74. The standard InChI is InChI=1S/C18H24F3N3O6S/c1-2-29-17(26)24-11-8-13(9-12-24)23-16(25)7-10-22-31(27,28)15-5-3-14(4-6-15)30-18(19,20)21/h3-6,13,22H,2,7-12H2,1H3,(H,23,25). The van der Waals surface area contributed by atoms with Crippen LogP contribution in [0.15, 0.2) is 29.2 Å². The summed E-state index contributed by atoms with van der Waals surface area (Å²) in [4.78, 5) is 25.0. The number of amides is 2. The SMILES string of the molecule is CCOC(=O)N1CCC(NC(=O)CCNS(=O)(=O)c2ccc(OC(F)(F)F)cc2)CC1. The molecule has 0 radical (unpaired) electrons. The molecule has 1 aliphatic heterocycles. The fourth-order valence-electron chi connectivity index (χ4n) is 2.92. The number of sulfonamides is 1. The van der Waals surface area contributed by atoms with E-state index in [1.807, 2.05) is 0 Å². The van der Waals surface area contributed by atoms with Crippen molar-refractivity contribution >= 4 is 22.0 Å². The second kappa shape index (κ2) is 10.7. The third kappa shape index (κ3) is 8.25. The molecule has 13 heteroatoms. The van der Waals surface area contributed by atoms with Crippen LogP contribution < -0.4 is 14.8 Å². The van der Waals surface area contributed by atoms with Gasteiger partial charge in [-0.05, 0) is 44.0 Å². The summed E-state index contributed by atoms with van der Waals surface area (Å²) < 4.78 is 71.7. The van der Waals surface area contributed by atoms with E-state index in [4.69, 9.17) is 4.74 Å². The molecular formula is C18H24F3N3O6S. The third-order valence-corrected chi connectivity index (χ3v) is 5.87. The molecule has 0 atom stereocenters. The van der Waals surface area contributed by atoms with Crippen LogP contribution in [0.5, 0.6) is 5.75 Å². The van der Waals surface area contributed by atoms with Crippen LogP contribution in [0.1, 0.15) is 26.2 Å². The Kier molecular flexibility index (Phi) is 8.51. The van der Waals surface area contributed by atoms with E-state index in [9.17, 15) is 31.2 Å². The summed E-state index contributed by atoms with van der Waals surface area (Å²) in [6, 6.07) is 3.59. The molecule has 0 unspecified atom stereocenters. The molecule has 1 aromatic carbocycles. The highest BCUT2D eigenvalue weighted by atomic mass is 32.2. The number of carbonyl (C=O) groups is 2. The van der Waals surface area contributed by atoms with Crippen molar-refractivity contribution in [3.63, 3.8) is 0 Å². The van der Waals surface area contributed by atoms with E-state index in [0.717, 1.165) is 24.3 Å². The summed E-state index contributed by atoms with van der Waals surface area (Å²) in [6.45, 7) is 2.72. The molecule has 1 aromatic rings. The first-order valence-electron chi connectivity index (χ1n) is 9.56. The average Bonchev–Trinajstić information content (AvgIpc) is 2.67. The van der Waals surface area contributed by atoms with Crippen molar-refractivity contribution in [1.82, 2.24) is 14.9 Å². The number of rotatable bonds is 8. The third-order valence-electron chi connectivity index (χ3n) is 4.40. The number of benzene rings is 1. The first-order valence-corrected chi connectivity index (χ1v) is 11.0. The summed E-state index contributed by atoms with van der Waals surface area (Å²) in [7, 11) is -4.00. The zero-order valence-electron chi connectivity index (χ0n) is 16.8. The van der Waals surface area contributed by atoms with E-state index in [1.165, 1.54) is 0 Å². The van der Waals surface area contributed by atoms with Gasteiger partial charge in [-0.25, -0.2) is 17.9 Å². The first-order chi connectivity index (χ1) is 14.5. The lowest BCUT2D eigenvalue weighted by Gasteiger charge is -2.31. The van der Waals surface area contributed by atoms with Crippen molar-refractivity contribution in [2.24, 2.45) is 0 Å². The summed E-state index contributed by atoms with van der Waals surface area (Å²) in [5.74, 6) is -0.897. The van der Waals surface area contributed by atoms with Crippen molar-refractivity contribution in [2.45, 2.75) is 43.5 Å². The molecule has 1 aliphatic rings. The van der Waals surface area contributed by atoms with Gasteiger partial charge in [-0.1, -0.05) is 0 Å². The number of ether oxygens (including phenoxy) is 2. The Labute approximate surface area is 177 Å². The van der Waals surface area contributed by atoms with Gasteiger partial charge in [0.05, 0.1) is 11.5 Å². The van der Waals surface area contributed by atoms with Gasteiger partial charge in [0, 0.05) is 32.1 Å². The van der Waals surface area contributed by atoms with Crippen LogP contribution in [0.3, 0.4) is 0 Å². The molecule has 2 rings (SSSR count). The topological polar surface area (TPSA) is 114 Å². The Morgan fingerprint density at radius 3 is 2.32 bits per heavy atom. The van der Waals surface area contributed by atoms with Gasteiger partial charge < -0.3 is 19.7 Å². The van der Waals surface area contributed by atoms with Gasteiger partial charge in [0.15, 0.2) is 0 Å². The predicted molar refractivity (Wildman–Crippen MR) is 103 cm³/mol. The smallest absolute Gasteiger partial charge is 0.450 e. The van der Waals surface area contributed by atoms with Crippen molar-refractivity contribution < 1.29 is 40.7 Å². The zero-order chi connectivity index (χ0) is 23.1. The molecule has 174 valence electrons. The van der Waals surface area contributed by atoms with Gasteiger partial charge in [-0.15, -0.1) is 13.2 Å². The van der Waals surface area contributed by atoms with Gasteiger partial charge in [-0.3, -0.25) is 4.79 Å². The zero-order valence-corrected chi connectivity index (χ0v) is 17.6. The van der Waals surface area contributed by atoms with E-state index in [0.29, 0.717) is 25.9 Å². The van der Waals surface area contributed by atoms with Gasteiger partial charge in [0.2, 0.25) is 15.9 Å². The Morgan fingerprint density at radius 1 is 1.16 bits per heavy atom. The Hall–Kier alpha value is -2.54. The van der Waals surface area contributed by atoms with Crippen LogP contribution in [0.4, 0.5) is 18.0 Å². The predicted octanol–water partition coefficient (Wildman–Crippen LogP) is 1.99. The number of hydrogen-bond acceptors (Lipinski definition) is 6. The number of hydrogen-bond donors (Lipinski definition) is 2. The van der Waals surface area contributed by atoms with Crippen molar-refractivity contribution in [1.29, 1.82) is 0 Å². The van der Waals surface area contributed by atoms with Gasteiger partial charge >= 0.3 is 12.5 Å². The molecule has 1 heterocycles. The largest absolute Gasteiger partial charge is 0.573 e. The van der Waals surface area contributed by atoms with E-state index < -0.39 is 22.1 Å². The maximum Gasteiger partial charge on any atom is 0.573 e. The Bertz CT molecular complexity index is 853. The molecule has 0 aliphatic carbocycles. The second-order valence-corrected chi connectivity index (χ2v) is 8.46. The quantitative estimate of drug-likeness (QED) is 0.605. The molecule has 0 bridgehead atoms. The van der Waals surface area contributed by atoms with Crippen LogP contribution in [0, 0.1) is 0 Å². The lowest BCUT2D eigenvalue weighted by Crippen LogP contribution is -2.47. The minimum Gasteiger partial charge on any atom is -0.450 e.